The molecule has 0 heterocycles. The van der Waals surface area contributed by atoms with E-state index in [0.717, 1.165) is 23.3 Å². The van der Waals surface area contributed by atoms with Gasteiger partial charge in [-0.1, -0.05) is 24.3 Å². The van der Waals surface area contributed by atoms with E-state index < -0.39 is 0 Å². The molecule has 2 amide bonds. The number of benzene rings is 2. The molecule has 0 saturated heterocycles. The average Bonchev–Trinajstić information content (AvgIpc) is 2.61. The lowest BCUT2D eigenvalue weighted by Gasteiger charge is -2.07. The van der Waals surface area contributed by atoms with Crippen molar-refractivity contribution in [2.75, 3.05) is 13.7 Å². The number of ether oxygens (including phenoxy) is 1. The normalized spacial score (nSPS) is 10.1. The molecule has 0 aliphatic carbocycles. The van der Waals surface area contributed by atoms with E-state index in [-0.39, 0.29) is 11.8 Å². The minimum atomic E-state index is -0.102. The molecule has 0 saturated carbocycles. The topological polar surface area (TPSA) is 67.4 Å². The standard InChI is InChI=1S/C19H22N2O3/c1-14(22)21-13-16-3-7-17(8-4-16)19(23)20-12-11-15-5-9-18(24-2)10-6-15/h3-10H,11-13H2,1-2H3,(H,20,23)(H,21,22). The van der Waals surface area contributed by atoms with Crippen molar-refractivity contribution in [1.29, 1.82) is 0 Å². The van der Waals surface area contributed by atoms with E-state index in [1.54, 1.807) is 19.2 Å². The van der Waals surface area contributed by atoms with Gasteiger partial charge in [0, 0.05) is 25.6 Å². The second kappa shape index (κ2) is 8.72. The molecular weight excluding hydrogens is 304 g/mol. The first-order valence-corrected chi connectivity index (χ1v) is 7.83. The van der Waals surface area contributed by atoms with Crippen LogP contribution in [0.15, 0.2) is 48.5 Å². The van der Waals surface area contributed by atoms with Crippen LogP contribution >= 0.6 is 0 Å². The number of nitrogens with one attached hydrogen (secondary N) is 2. The number of carbonyl (C=O) groups is 2. The van der Waals surface area contributed by atoms with Gasteiger partial charge >= 0.3 is 0 Å². The summed E-state index contributed by atoms with van der Waals surface area (Å²) in [5, 5.41) is 5.63. The molecule has 0 aliphatic heterocycles. The smallest absolute Gasteiger partial charge is 0.251 e. The van der Waals surface area contributed by atoms with Crippen LogP contribution in [0.3, 0.4) is 0 Å². The van der Waals surface area contributed by atoms with Crippen molar-refractivity contribution in [2.24, 2.45) is 0 Å². The quantitative estimate of drug-likeness (QED) is 0.820. The van der Waals surface area contributed by atoms with Crippen LogP contribution in [0.5, 0.6) is 5.75 Å². The Labute approximate surface area is 142 Å². The van der Waals surface area contributed by atoms with Crippen molar-refractivity contribution in [3.63, 3.8) is 0 Å². The third-order valence-electron chi connectivity index (χ3n) is 3.62. The van der Waals surface area contributed by atoms with E-state index in [2.05, 4.69) is 10.6 Å². The van der Waals surface area contributed by atoms with Crippen LogP contribution in [0.25, 0.3) is 0 Å². The van der Waals surface area contributed by atoms with Crippen LogP contribution in [0, 0.1) is 0 Å². The minimum absolute atomic E-state index is 0.0737. The van der Waals surface area contributed by atoms with E-state index in [4.69, 9.17) is 4.74 Å². The number of hydrogen-bond acceptors (Lipinski definition) is 3. The van der Waals surface area contributed by atoms with E-state index in [0.29, 0.717) is 18.7 Å². The second-order valence-corrected chi connectivity index (χ2v) is 5.46. The molecule has 2 aromatic rings. The van der Waals surface area contributed by atoms with Crippen molar-refractivity contribution in [3.05, 3.63) is 65.2 Å². The Kier molecular flexibility index (Phi) is 6.37. The fourth-order valence-electron chi connectivity index (χ4n) is 2.22. The number of hydrogen-bond donors (Lipinski definition) is 2. The van der Waals surface area contributed by atoms with Crippen molar-refractivity contribution >= 4 is 11.8 Å². The number of rotatable bonds is 7. The Morgan fingerprint density at radius 3 is 2.12 bits per heavy atom. The summed E-state index contributed by atoms with van der Waals surface area (Å²) in [5.41, 5.74) is 2.71. The highest BCUT2D eigenvalue weighted by atomic mass is 16.5. The molecule has 5 heteroatoms. The molecule has 2 rings (SSSR count). The predicted molar refractivity (Wildman–Crippen MR) is 93.0 cm³/mol. The van der Waals surface area contributed by atoms with Gasteiger partial charge in [-0.3, -0.25) is 9.59 Å². The van der Waals surface area contributed by atoms with E-state index >= 15 is 0 Å². The number of amides is 2. The molecule has 0 bridgehead atoms. The van der Waals surface area contributed by atoms with Gasteiger partial charge in [0.25, 0.3) is 5.91 Å². The van der Waals surface area contributed by atoms with Gasteiger partial charge in [-0.2, -0.15) is 0 Å². The fourth-order valence-corrected chi connectivity index (χ4v) is 2.22. The van der Waals surface area contributed by atoms with Gasteiger partial charge < -0.3 is 15.4 Å². The van der Waals surface area contributed by atoms with E-state index in [9.17, 15) is 9.59 Å². The molecule has 0 fully saturated rings. The van der Waals surface area contributed by atoms with Crippen LogP contribution < -0.4 is 15.4 Å². The highest BCUT2D eigenvalue weighted by Crippen LogP contribution is 2.11. The zero-order valence-electron chi connectivity index (χ0n) is 14.0. The maximum absolute atomic E-state index is 12.1. The Morgan fingerprint density at radius 2 is 1.54 bits per heavy atom. The lowest BCUT2D eigenvalue weighted by Crippen LogP contribution is -2.25. The molecule has 24 heavy (non-hydrogen) atoms. The van der Waals surface area contributed by atoms with Gasteiger partial charge in [0.05, 0.1) is 7.11 Å². The first-order chi connectivity index (χ1) is 11.6. The lowest BCUT2D eigenvalue weighted by atomic mass is 10.1. The minimum Gasteiger partial charge on any atom is -0.497 e. The molecule has 0 spiro atoms. The van der Waals surface area contributed by atoms with Gasteiger partial charge in [-0.15, -0.1) is 0 Å². The highest BCUT2D eigenvalue weighted by Gasteiger charge is 2.05. The first-order valence-electron chi connectivity index (χ1n) is 7.83. The summed E-state index contributed by atoms with van der Waals surface area (Å²) in [6, 6.07) is 15.0. The summed E-state index contributed by atoms with van der Waals surface area (Å²) in [6.07, 6.45) is 0.760. The molecule has 0 aliphatic rings. The lowest BCUT2D eigenvalue weighted by molar-refractivity contribution is -0.119. The zero-order valence-corrected chi connectivity index (χ0v) is 14.0. The van der Waals surface area contributed by atoms with Gasteiger partial charge in [0.2, 0.25) is 5.91 Å². The molecule has 0 atom stereocenters. The maximum Gasteiger partial charge on any atom is 0.251 e. The number of carbonyl (C=O) groups excluding carboxylic acids is 2. The molecule has 5 nitrogen and oxygen atoms in total. The predicted octanol–water partition coefficient (Wildman–Crippen LogP) is 2.30. The molecular formula is C19H22N2O3. The monoisotopic (exact) mass is 326 g/mol. The molecule has 0 aromatic heterocycles. The fraction of sp³-hybridized carbons (Fsp3) is 0.263. The van der Waals surface area contributed by atoms with Crippen LogP contribution in [0.1, 0.15) is 28.4 Å². The van der Waals surface area contributed by atoms with E-state index in [1.807, 2.05) is 36.4 Å². The molecule has 0 radical (unpaired) electrons. The summed E-state index contributed by atoms with van der Waals surface area (Å²) in [4.78, 5) is 23.0. The van der Waals surface area contributed by atoms with Crippen molar-refractivity contribution in [2.45, 2.75) is 19.9 Å². The van der Waals surface area contributed by atoms with Crippen molar-refractivity contribution in [3.8, 4) is 5.75 Å². The molecule has 2 N–H and O–H groups in total. The molecule has 126 valence electrons. The van der Waals surface area contributed by atoms with E-state index in [1.165, 1.54) is 6.92 Å². The Morgan fingerprint density at radius 1 is 0.917 bits per heavy atom. The SMILES string of the molecule is COc1ccc(CCNC(=O)c2ccc(CNC(C)=O)cc2)cc1. The Bertz CT molecular complexity index is 679. The summed E-state index contributed by atoms with van der Waals surface area (Å²) in [6.45, 7) is 2.51. The van der Waals surface area contributed by atoms with Crippen LogP contribution in [-0.4, -0.2) is 25.5 Å². The van der Waals surface area contributed by atoms with Gasteiger partial charge in [-0.25, -0.2) is 0 Å². The first kappa shape index (κ1) is 17.5. The summed E-state index contributed by atoms with van der Waals surface area (Å²) >= 11 is 0. The third kappa shape index (κ3) is 5.43. The van der Waals surface area contributed by atoms with Crippen molar-refractivity contribution in [1.82, 2.24) is 10.6 Å². The molecule has 0 unspecified atom stereocenters. The molecule has 2 aromatic carbocycles. The van der Waals surface area contributed by atoms with Crippen LogP contribution in [0.2, 0.25) is 0 Å². The van der Waals surface area contributed by atoms with Crippen LogP contribution in [0.4, 0.5) is 0 Å². The second-order valence-electron chi connectivity index (χ2n) is 5.46. The third-order valence-corrected chi connectivity index (χ3v) is 3.62. The largest absolute Gasteiger partial charge is 0.497 e. The Hall–Kier alpha value is -2.82. The Balaban J connectivity index is 1.80. The van der Waals surface area contributed by atoms with Gasteiger partial charge in [0.15, 0.2) is 0 Å². The zero-order chi connectivity index (χ0) is 17.4. The maximum atomic E-state index is 12.1. The number of methoxy groups -OCH3 is 1. The summed E-state index contributed by atoms with van der Waals surface area (Å²) in [7, 11) is 1.64. The highest BCUT2D eigenvalue weighted by molar-refractivity contribution is 5.94. The van der Waals surface area contributed by atoms with Gasteiger partial charge in [0.1, 0.15) is 5.75 Å². The van der Waals surface area contributed by atoms with Gasteiger partial charge in [-0.05, 0) is 41.8 Å². The average molecular weight is 326 g/mol. The summed E-state index contributed by atoms with van der Waals surface area (Å²) < 4.78 is 5.12. The van der Waals surface area contributed by atoms with Crippen LogP contribution in [-0.2, 0) is 17.8 Å². The van der Waals surface area contributed by atoms with Crippen molar-refractivity contribution < 1.29 is 14.3 Å². The summed E-state index contributed by atoms with van der Waals surface area (Å²) in [5.74, 6) is 0.645.